The van der Waals surface area contributed by atoms with Gasteiger partial charge in [0.2, 0.25) is 0 Å². The van der Waals surface area contributed by atoms with Crippen LogP contribution in [0, 0.1) is 0 Å². The van der Waals surface area contributed by atoms with Crippen molar-refractivity contribution < 1.29 is 14.2 Å². The van der Waals surface area contributed by atoms with E-state index in [4.69, 9.17) is 14.2 Å². The fourth-order valence-electron chi connectivity index (χ4n) is 2.15. The Morgan fingerprint density at radius 2 is 1.79 bits per heavy atom. The highest BCUT2D eigenvalue weighted by Gasteiger charge is 2.18. The number of hydrogen-bond acceptors (Lipinski definition) is 4. The van der Waals surface area contributed by atoms with E-state index in [0.717, 1.165) is 32.6 Å². The minimum Gasteiger partial charge on any atom is -0.382 e. The third-order valence-corrected chi connectivity index (χ3v) is 3.11. The third-order valence-electron chi connectivity index (χ3n) is 3.11. The highest BCUT2D eigenvalue weighted by Crippen LogP contribution is 2.10. The highest BCUT2D eigenvalue weighted by atomic mass is 16.5. The zero-order chi connectivity index (χ0) is 14.3. The molecule has 0 rings (SSSR count). The van der Waals surface area contributed by atoms with Crippen molar-refractivity contribution in [1.82, 2.24) is 5.32 Å². The summed E-state index contributed by atoms with van der Waals surface area (Å²) in [7, 11) is 1.69. The van der Waals surface area contributed by atoms with Crippen LogP contribution in [0.5, 0.6) is 0 Å². The summed E-state index contributed by atoms with van der Waals surface area (Å²) in [5, 5.41) is 3.53. The van der Waals surface area contributed by atoms with Crippen LogP contribution in [0.2, 0.25) is 0 Å². The van der Waals surface area contributed by atoms with E-state index in [9.17, 15) is 0 Å². The molecule has 0 saturated carbocycles. The zero-order valence-corrected chi connectivity index (χ0v) is 13.2. The van der Waals surface area contributed by atoms with Crippen LogP contribution in [0.1, 0.15) is 46.5 Å². The smallest absolute Gasteiger partial charge is 0.0725 e. The molecule has 0 radical (unpaired) electrons. The van der Waals surface area contributed by atoms with Crippen molar-refractivity contribution in [2.45, 2.75) is 58.6 Å². The van der Waals surface area contributed by atoms with Gasteiger partial charge in [0.15, 0.2) is 0 Å². The monoisotopic (exact) mass is 275 g/mol. The molecule has 2 unspecified atom stereocenters. The average molecular weight is 275 g/mol. The molecule has 0 saturated heterocycles. The van der Waals surface area contributed by atoms with E-state index in [1.54, 1.807) is 7.11 Å². The number of nitrogens with one attached hydrogen (secondary N) is 1. The van der Waals surface area contributed by atoms with Crippen molar-refractivity contribution in [2.75, 3.05) is 40.1 Å². The Morgan fingerprint density at radius 3 is 2.37 bits per heavy atom. The second kappa shape index (κ2) is 14.3. The molecule has 0 aromatic rings. The van der Waals surface area contributed by atoms with Gasteiger partial charge in [-0.1, -0.05) is 27.2 Å². The molecule has 0 aliphatic heterocycles. The van der Waals surface area contributed by atoms with Crippen molar-refractivity contribution in [2.24, 2.45) is 0 Å². The molecule has 0 spiro atoms. The standard InChI is InChI=1S/C15H33NO3/c1-5-9-14(16-7-3)15(6-2)19-11-8-10-18-13-12-17-4/h14-16H,5-13H2,1-4H3. The van der Waals surface area contributed by atoms with Gasteiger partial charge in [-0.25, -0.2) is 0 Å². The second-order valence-corrected chi connectivity index (χ2v) is 4.73. The Hall–Kier alpha value is -0.160. The van der Waals surface area contributed by atoms with Gasteiger partial charge in [0.25, 0.3) is 0 Å². The molecule has 0 aliphatic carbocycles. The molecule has 116 valence electrons. The van der Waals surface area contributed by atoms with E-state index < -0.39 is 0 Å². The third kappa shape index (κ3) is 10.3. The number of hydrogen-bond donors (Lipinski definition) is 1. The Kier molecular flexibility index (Phi) is 14.1. The first-order chi connectivity index (χ1) is 9.29. The first-order valence-corrected chi connectivity index (χ1v) is 7.71. The topological polar surface area (TPSA) is 39.7 Å². The fraction of sp³-hybridized carbons (Fsp3) is 1.00. The van der Waals surface area contributed by atoms with E-state index >= 15 is 0 Å². The molecule has 4 heteroatoms. The Morgan fingerprint density at radius 1 is 1.00 bits per heavy atom. The second-order valence-electron chi connectivity index (χ2n) is 4.73. The maximum atomic E-state index is 5.99. The van der Waals surface area contributed by atoms with E-state index in [1.165, 1.54) is 12.8 Å². The minimum atomic E-state index is 0.318. The summed E-state index contributed by atoms with van der Waals surface area (Å²) >= 11 is 0. The molecule has 0 aliphatic rings. The van der Waals surface area contributed by atoms with E-state index in [-0.39, 0.29) is 0 Å². The molecule has 0 bridgehead atoms. The molecule has 1 N–H and O–H groups in total. The summed E-state index contributed by atoms with van der Waals surface area (Å²) in [6.07, 6.45) is 4.70. The summed E-state index contributed by atoms with van der Waals surface area (Å²) in [6.45, 7) is 10.4. The summed E-state index contributed by atoms with van der Waals surface area (Å²) < 4.78 is 16.3. The van der Waals surface area contributed by atoms with Gasteiger partial charge in [0, 0.05) is 26.4 Å². The Labute approximate surface area is 119 Å². The van der Waals surface area contributed by atoms with Gasteiger partial charge in [-0.05, 0) is 25.8 Å². The van der Waals surface area contributed by atoms with Crippen molar-refractivity contribution in [3.8, 4) is 0 Å². The Balaban J connectivity index is 3.71. The molecule has 0 heterocycles. The first kappa shape index (κ1) is 18.8. The van der Waals surface area contributed by atoms with E-state index in [0.29, 0.717) is 25.4 Å². The quantitative estimate of drug-likeness (QED) is 0.495. The van der Waals surface area contributed by atoms with Crippen molar-refractivity contribution in [3.63, 3.8) is 0 Å². The minimum absolute atomic E-state index is 0.318. The molecule has 4 nitrogen and oxygen atoms in total. The summed E-state index contributed by atoms with van der Waals surface area (Å²) in [5.41, 5.74) is 0. The fourth-order valence-corrected chi connectivity index (χ4v) is 2.15. The highest BCUT2D eigenvalue weighted by molar-refractivity contribution is 4.75. The van der Waals surface area contributed by atoms with Crippen LogP contribution in [-0.2, 0) is 14.2 Å². The van der Waals surface area contributed by atoms with Gasteiger partial charge >= 0.3 is 0 Å². The van der Waals surface area contributed by atoms with Crippen LogP contribution in [0.15, 0.2) is 0 Å². The van der Waals surface area contributed by atoms with Crippen LogP contribution in [0.3, 0.4) is 0 Å². The largest absolute Gasteiger partial charge is 0.382 e. The summed E-state index contributed by atoms with van der Waals surface area (Å²) in [4.78, 5) is 0. The maximum Gasteiger partial charge on any atom is 0.0725 e. The predicted molar refractivity (Wildman–Crippen MR) is 79.7 cm³/mol. The van der Waals surface area contributed by atoms with Crippen LogP contribution in [0.4, 0.5) is 0 Å². The number of rotatable bonds is 14. The number of ether oxygens (including phenoxy) is 3. The van der Waals surface area contributed by atoms with Gasteiger partial charge in [0.1, 0.15) is 0 Å². The predicted octanol–water partition coefficient (Wildman–Crippen LogP) is 2.61. The van der Waals surface area contributed by atoms with Crippen molar-refractivity contribution in [1.29, 1.82) is 0 Å². The van der Waals surface area contributed by atoms with Gasteiger partial charge in [0.05, 0.1) is 19.3 Å². The van der Waals surface area contributed by atoms with Gasteiger partial charge in [-0.3, -0.25) is 0 Å². The maximum absolute atomic E-state index is 5.99. The molecular weight excluding hydrogens is 242 g/mol. The lowest BCUT2D eigenvalue weighted by molar-refractivity contribution is 0.00383. The van der Waals surface area contributed by atoms with Crippen LogP contribution < -0.4 is 5.32 Å². The molecule has 0 amide bonds. The molecular formula is C15H33NO3. The Bertz CT molecular complexity index is 173. The summed E-state index contributed by atoms with van der Waals surface area (Å²) in [5.74, 6) is 0. The van der Waals surface area contributed by atoms with E-state index in [2.05, 4.69) is 26.1 Å². The van der Waals surface area contributed by atoms with E-state index in [1.807, 2.05) is 0 Å². The average Bonchev–Trinajstić information content (AvgIpc) is 2.42. The van der Waals surface area contributed by atoms with Gasteiger partial charge in [-0.2, -0.15) is 0 Å². The van der Waals surface area contributed by atoms with Crippen LogP contribution in [-0.4, -0.2) is 52.2 Å². The lowest BCUT2D eigenvalue weighted by atomic mass is 10.0. The summed E-state index contributed by atoms with van der Waals surface area (Å²) in [6, 6.07) is 0.481. The molecule has 0 fully saturated rings. The number of methoxy groups -OCH3 is 1. The lowest BCUT2D eigenvalue weighted by Crippen LogP contribution is -2.41. The molecule has 0 aromatic carbocycles. The SMILES string of the molecule is CCCC(NCC)C(CC)OCCCOCCOC. The van der Waals surface area contributed by atoms with Crippen molar-refractivity contribution in [3.05, 3.63) is 0 Å². The van der Waals surface area contributed by atoms with Gasteiger partial charge in [-0.15, -0.1) is 0 Å². The lowest BCUT2D eigenvalue weighted by Gasteiger charge is -2.27. The molecule has 0 aromatic heterocycles. The molecule has 19 heavy (non-hydrogen) atoms. The first-order valence-electron chi connectivity index (χ1n) is 7.71. The zero-order valence-electron chi connectivity index (χ0n) is 13.2. The van der Waals surface area contributed by atoms with Crippen LogP contribution >= 0.6 is 0 Å². The van der Waals surface area contributed by atoms with Crippen LogP contribution in [0.25, 0.3) is 0 Å². The normalized spacial score (nSPS) is 14.5. The number of likely N-dealkylation sites (N-methyl/N-ethyl adjacent to an activating group) is 1. The van der Waals surface area contributed by atoms with Crippen molar-refractivity contribution >= 4 is 0 Å². The molecule has 2 atom stereocenters. The van der Waals surface area contributed by atoms with Gasteiger partial charge < -0.3 is 19.5 Å².